The van der Waals surface area contributed by atoms with Gasteiger partial charge >= 0.3 is 5.97 Å². The van der Waals surface area contributed by atoms with Gasteiger partial charge in [0.1, 0.15) is 5.75 Å². The second-order valence-electron chi connectivity index (χ2n) is 4.98. The van der Waals surface area contributed by atoms with Crippen LogP contribution in [0.5, 0.6) is 5.75 Å². The lowest BCUT2D eigenvalue weighted by atomic mass is 10.2. The van der Waals surface area contributed by atoms with Gasteiger partial charge in [-0.2, -0.15) is 0 Å². The molecule has 0 atom stereocenters. The number of hydrogen-bond donors (Lipinski definition) is 2. The van der Waals surface area contributed by atoms with Gasteiger partial charge in [0.25, 0.3) is 0 Å². The number of carboxylic acids is 1. The van der Waals surface area contributed by atoms with Crippen molar-refractivity contribution >= 4 is 29.3 Å². The van der Waals surface area contributed by atoms with E-state index in [-0.39, 0.29) is 17.4 Å². The molecule has 1 aromatic rings. The fraction of sp³-hybridized carbons (Fsp3) is 0.467. The van der Waals surface area contributed by atoms with Gasteiger partial charge in [-0.1, -0.05) is 0 Å². The molecule has 0 spiro atoms. The zero-order chi connectivity index (χ0) is 15.1. The molecule has 0 radical (unpaired) electrons. The molecule has 0 unspecified atom stereocenters. The number of carbonyl (C=O) groups is 2. The zero-order valence-corrected chi connectivity index (χ0v) is 12.5. The minimum Gasteiger partial charge on any atom is -0.490 e. The van der Waals surface area contributed by atoms with Crippen LogP contribution in [0.3, 0.4) is 0 Å². The number of nitrogens with one attached hydrogen (secondary N) is 1. The molecule has 0 heterocycles. The van der Waals surface area contributed by atoms with Gasteiger partial charge in [-0.15, -0.1) is 11.8 Å². The summed E-state index contributed by atoms with van der Waals surface area (Å²) in [7, 11) is 0. The summed E-state index contributed by atoms with van der Waals surface area (Å²) in [5.41, 5.74) is 0.690. The second kappa shape index (κ2) is 7.93. The van der Waals surface area contributed by atoms with Crippen molar-refractivity contribution in [3.8, 4) is 5.75 Å². The number of benzene rings is 1. The highest BCUT2D eigenvalue weighted by atomic mass is 32.2. The fourth-order valence-electron chi connectivity index (χ4n) is 2.24. The molecule has 1 aromatic carbocycles. The van der Waals surface area contributed by atoms with Crippen LogP contribution in [-0.2, 0) is 9.59 Å². The number of carbonyl (C=O) groups excluding carboxylic acids is 1. The van der Waals surface area contributed by atoms with Crippen molar-refractivity contribution in [1.29, 1.82) is 0 Å². The first kappa shape index (κ1) is 15.7. The summed E-state index contributed by atoms with van der Waals surface area (Å²) in [5.74, 6) is -0.235. The van der Waals surface area contributed by atoms with Crippen molar-refractivity contribution < 1.29 is 19.4 Å². The van der Waals surface area contributed by atoms with Gasteiger partial charge in [0.2, 0.25) is 5.91 Å². The standard InChI is InChI=1S/C15H19NO4S/c17-14(9-21-10-15(18)19)16-11-5-7-13(8-6-11)20-12-3-1-2-4-12/h5-8,12H,1-4,9-10H2,(H,16,17)(H,18,19). The normalized spacial score (nSPS) is 14.9. The van der Waals surface area contributed by atoms with Crippen LogP contribution in [0.15, 0.2) is 24.3 Å². The van der Waals surface area contributed by atoms with Crippen LogP contribution >= 0.6 is 11.8 Å². The number of rotatable bonds is 7. The zero-order valence-electron chi connectivity index (χ0n) is 11.7. The SMILES string of the molecule is O=C(O)CSCC(=O)Nc1ccc(OC2CCCC2)cc1. The summed E-state index contributed by atoms with van der Waals surface area (Å²) in [6.45, 7) is 0. The maximum absolute atomic E-state index is 11.6. The van der Waals surface area contributed by atoms with Crippen molar-refractivity contribution in [3.63, 3.8) is 0 Å². The van der Waals surface area contributed by atoms with E-state index in [4.69, 9.17) is 9.84 Å². The number of carboxylic acid groups (broad SMARTS) is 1. The van der Waals surface area contributed by atoms with Crippen molar-refractivity contribution in [1.82, 2.24) is 0 Å². The van der Waals surface area contributed by atoms with Crippen LogP contribution < -0.4 is 10.1 Å². The molecule has 2 N–H and O–H groups in total. The highest BCUT2D eigenvalue weighted by Crippen LogP contribution is 2.25. The molecule has 0 aromatic heterocycles. The van der Waals surface area contributed by atoms with E-state index >= 15 is 0 Å². The van der Waals surface area contributed by atoms with E-state index in [1.54, 1.807) is 12.1 Å². The van der Waals surface area contributed by atoms with E-state index in [0.717, 1.165) is 30.4 Å². The molecule has 5 nitrogen and oxygen atoms in total. The predicted molar refractivity (Wildman–Crippen MR) is 82.9 cm³/mol. The van der Waals surface area contributed by atoms with Crippen LogP contribution in [-0.4, -0.2) is 34.6 Å². The lowest BCUT2D eigenvalue weighted by Crippen LogP contribution is -2.15. The van der Waals surface area contributed by atoms with Gasteiger partial charge in [-0.25, -0.2) is 0 Å². The van der Waals surface area contributed by atoms with Gasteiger partial charge in [0.15, 0.2) is 0 Å². The first-order valence-corrected chi connectivity index (χ1v) is 8.15. The Hall–Kier alpha value is -1.69. The Morgan fingerprint density at radius 3 is 2.48 bits per heavy atom. The van der Waals surface area contributed by atoms with E-state index in [1.165, 1.54) is 12.8 Å². The average molecular weight is 309 g/mol. The average Bonchev–Trinajstić information content (AvgIpc) is 2.93. The lowest BCUT2D eigenvalue weighted by Gasteiger charge is -2.13. The third-order valence-electron chi connectivity index (χ3n) is 3.20. The summed E-state index contributed by atoms with van der Waals surface area (Å²) in [5, 5.41) is 11.2. The first-order chi connectivity index (χ1) is 10.1. The van der Waals surface area contributed by atoms with Crippen molar-refractivity contribution in [2.45, 2.75) is 31.8 Å². The van der Waals surface area contributed by atoms with Crippen LogP contribution in [0, 0.1) is 0 Å². The van der Waals surface area contributed by atoms with Gasteiger partial charge in [-0.05, 0) is 49.9 Å². The number of amides is 1. The largest absolute Gasteiger partial charge is 0.490 e. The molecular weight excluding hydrogens is 290 g/mol. The van der Waals surface area contributed by atoms with Crippen LogP contribution in [0.25, 0.3) is 0 Å². The second-order valence-corrected chi connectivity index (χ2v) is 5.97. The smallest absolute Gasteiger partial charge is 0.313 e. The maximum atomic E-state index is 11.6. The van der Waals surface area contributed by atoms with Crippen LogP contribution in [0.1, 0.15) is 25.7 Å². The quantitative estimate of drug-likeness (QED) is 0.810. The summed E-state index contributed by atoms with van der Waals surface area (Å²) < 4.78 is 5.84. The van der Waals surface area contributed by atoms with E-state index in [2.05, 4.69) is 5.32 Å². The van der Waals surface area contributed by atoms with Crippen molar-refractivity contribution in [2.75, 3.05) is 16.8 Å². The summed E-state index contributed by atoms with van der Waals surface area (Å²) in [4.78, 5) is 22.0. The Morgan fingerprint density at radius 1 is 1.19 bits per heavy atom. The molecule has 2 rings (SSSR count). The third kappa shape index (κ3) is 5.67. The Balaban J connectivity index is 1.76. The van der Waals surface area contributed by atoms with E-state index in [0.29, 0.717) is 11.8 Å². The topological polar surface area (TPSA) is 75.6 Å². The molecular formula is C15H19NO4S. The number of aliphatic carboxylic acids is 1. The molecule has 0 bridgehead atoms. The van der Waals surface area contributed by atoms with Crippen molar-refractivity contribution in [2.24, 2.45) is 0 Å². The highest BCUT2D eigenvalue weighted by Gasteiger charge is 2.16. The molecule has 1 saturated carbocycles. The maximum Gasteiger partial charge on any atom is 0.313 e. The van der Waals surface area contributed by atoms with Crippen molar-refractivity contribution in [3.05, 3.63) is 24.3 Å². The van der Waals surface area contributed by atoms with Crippen LogP contribution in [0.4, 0.5) is 5.69 Å². The minimum atomic E-state index is -0.916. The molecule has 6 heteroatoms. The van der Waals surface area contributed by atoms with E-state index in [9.17, 15) is 9.59 Å². The van der Waals surface area contributed by atoms with Gasteiger partial charge < -0.3 is 15.2 Å². The molecule has 0 saturated heterocycles. The molecule has 21 heavy (non-hydrogen) atoms. The van der Waals surface area contributed by atoms with E-state index in [1.807, 2.05) is 12.1 Å². The number of hydrogen-bond acceptors (Lipinski definition) is 4. The Labute approximate surface area is 128 Å². The molecule has 1 fully saturated rings. The highest BCUT2D eigenvalue weighted by molar-refractivity contribution is 8.00. The third-order valence-corrected chi connectivity index (χ3v) is 4.12. The molecule has 1 aliphatic rings. The number of ether oxygens (including phenoxy) is 1. The molecule has 114 valence electrons. The fourth-order valence-corrected chi connectivity index (χ4v) is 2.78. The van der Waals surface area contributed by atoms with Gasteiger partial charge in [0.05, 0.1) is 17.6 Å². The Morgan fingerprint density at radius 2 is 1.86 bits per heavy atom. The lowest BCUT2D eigenvalue weighted by molar-refractivity contribution is -0.133. The first-order valence-electron chi connectivity index (χ1n) is 6.99. The Kier molecular flexibility index (Phi) is 5.92. The van der Waals surface area contributed by atoms with Crippen LogP contribution in [0.2, 0.25) is 0 Å². The monoisotopic (exact) mass is 309 g/mol. The number of thioether (sulfide) groups is 1. The van der Waals surface area contributed by atoms with E-state index < -0.39 is 5.97 Å². The summed E-state index contributed by atoms with van der Waals surface area (Å²) in [6.07, 6.45) is 5.00. The number of anilines is 1. The van der Waals surface area contributed by atoms with Gasteiger partial charge in [-0.3, -0.25) is 9.59 Å². The predicted octanol–water partition coefficient (Wildman–Crippen LogP) is 2.76. The molecule has 1 aliphatic carbocycles. The molecule has 1 amide bonds. The summed E-state index contributed by atoms with van der Waals surface area (Å²) in [6, 6.07) is 7.28. The molecule has 0 aliphatic heterocycles. The Bertz CT molecular complexity index is 483. The summed E-state index contributed by atoms with van der Waals surface area (Å²) >= 11 is 1.08. The van der Waals surface area contributed by atoms with Gasteiger partial charge in [0, 0.05) is 5.69 Å². The minimum absolute atomic E-state index is 0.0679.